The van der Waals surface area contributed by atoms with E-state index in [9.17, 15) is 4.79 Å². The first kappa shape index (κ1) is 9.81. The number of ether oxygens (including phenoxy) is 1. The fourth-order valence-electron chi connectivity index (χ4n) is 2.21. The van der Waals surface area contributed by atoms with Crippen molar-refractivity contribution in [2.75, 3.05) is 13.1 Å². The Morgan fingerprint density at radius 3 is 2.57 bits per heavy atom. The fraction of sp³-hybridized carbons (Fsp3) is 0.909. The van der Waals surface area contributed by atoms with Gasteiger partial charge in [0, 0.05) is 13.1 Å². The normalized spacial score (nSPS) is 35.4. The molecule has 2 atom stereocenters. The zero-order valence-corrected chi connectivity index (χ0v) is 9.46. The molecule has 1 saturated carbocycles. The van der Waals surface area contributed by atoms with Gasteiger partial charge in [0.1, 0.15) is 5.60 Å². The first-order valence-corrected chi connectivity index (χ1v) is 5.28. The van der Waals surface area contributed by atoms with Crippen molar-refractivity contribution in [1.29, 1.82) is 0 Å². The van der Waals surface area contributed by atoms with Gasteiger partial charge in [0.25, 0.3) is 0 Å². The van der Waals surface area contributed by atoms with E-state index in [0.29, 0.717) is 5.41 Å². The lowest BCUT2D eigenvalue weighted by Gasteiger charge is -2.25. The number of carbonyl (C=O) groups excluding carboxylic acids is 1. The molecule has 1 saturated heterocycles. The van der Waals surface area contributed by atoms with E-state index in [1.165, 1.54) is 6.42 Å². The molecule has 1 aliphatic heterocycles. The smallest absolute Gasteiger partial charge is 0.410 e. The van der Waals surface area contributed by atoms with Gasteiger partial charge in [-0.3, -0.25) is 0 Å². The maximum absolute atomic E-state index is 11.7. The van der Waals surface area contributed by atoms with E-state index >= 15 is 0 Å². The van der Waals surface area contributed by atoms with E-state index in [-0.39, 0.29) is 11.7 Å². The van der Waals surface area contributed by atoms with Crippen LogP contribution in [0.4, 0.5) is 4.79 Å². The lowest BCUT2D eigenvalue weighted by atomic mass is 10.1. The SMILES string of the molecule is CC(C)(C)OC(=O)N1C[C@@H]2CC2(C)C1. The third-order valence-corrected chi connectivity index (χ3v) is 3.18. The van der Waals surface area contributed by atoms with Gasteiger partial charge in [0.15, 0.2) is 0 Å². The van der Waals surface area contributed by atoms with Gasteiger partial charge < -0.3 is 9.64 Å². The van der Waals surface area contributed by atoms with E-state index in [4.69, 9.17) is 4.74 Å². The quantitative estimate of drug-likeness (QED) is 0.596. The van der Waals surface area contributed by atoms with Crippen molar-refractivity contribution in [1.82, 2.24) is 4.90 Å². The second-order valence-electron chi connectivity index (χ2n) is 5.92. The number of hydrogen-bond acceptors (Lipinski definition) is 2. The maximum Gasteiger partial charge on any atom is 0.410 e. The highest BCUT2D eigenvalue weighted by atomic mass is 16.6. The Balaban J connectivity index is 1.89. The minimum Gasteiger partial charge on any atom is -0.444 e. The van der Waals surface area contributed by atoms with Gasteiger partial charge in [0.05, 0.1) is 0 Å². The number of hydrogen-bond donors (Lipinski definition) is 0. The Hall–Kier alpha value is -0.730. The summed E-state index contributed by atoms with van der Waals surface area (Å²) >= 11 is 0. The third kappa shape index (κ3) is 1.72. The van der Waals surface area contributed by atoms with Crippen molar-refractivity contribution in [2.45, 2.75) is 39.7 Å². The zero-order valence-electron chi connectivity index (χ0n) is 9.46. The molecule has 2 aliphatic rings. The van der Waals surface area contributed by atoms with E-state index < -0.39 is 0 Å². The first-order valence-electron chi connectivity index (χ1n) is 5.28. The number of rotatable bonds is 0. The summed E-state index contributed by atoms with van der Waals surface area (Å²) in [5.74, 6) is 0.731. The average Bonchev–Trinajstić information content (AvgIpc) is 2.47. The van der Waals surface area contributed by atoms with Gasteiger partial charge in [-0.1, -0.05) is 6.92 Å². The van der Waals surface area contributed by atoms with Crippen molar-refractivity contribution < 1.29 is 9.53 Å². The van der Waals surface area contributed by atoms with Gasteiger partial charge in [-0.2, -0.15) is 0 Å². The molecular formula is C11H19NO2. The zero-order chi connectivity index (χ0) is 10.6. The van der Waals surface area contributed by atoms with Gasteiger partial charge >= 0.3 is 6.09 Å². The summed E-state index contributed by atoms with van der Waals surface area (Å²) in [6.07, 6.45) is 1.14. The molecule has 3 heteroatoms. The molecule has 14 heavy (non-hydrogen) atoms. The van der Waals surface area contributed by atoms with E-state index in [1.807, 2.05) is 25.7 Å². The van der Waals surface area contributed by atoms with E-state index in [2.05, 4.69) is 6.92 Å². The topological polar surface area (TPSA) is 29.5 Å². The summed E-state index contributed by atoms with van der Waals surface area (Å²) in [6, 6.07) is 0. The Kier molecular flexibility index (Phi) is 1.85. The van der Waals surface area contributed by atoms with Crippen molar-refractivity contribution in [3.8, 4) is 0 Å². The Labute approximate surface area is 85.4 Å². The van der Waals surface area contributed by atoms with Gasteiger partial charge in [-0.15, -0.1) is 0 Å². The van der Waals surface area contributed by atoms with Crippen molar-refractivity contribution in [3.63, 3.8) is 0 Å². The van der Waals surface area contributed by atoms with Crippen LogP contribution in [0.3, 0.4) is 0 Å². The van der Waals surface area contributed by atoms with Gasteiger partial charge in [0.2, 0.25) is 0 Å². The summed E-state index contributed by atoms with van der Waals surface area (Å²) in [4.78, 5) is 13.5. The molecular weight excluding hydrogens is 178 g/mol. The van der Waals surface area contributed by atoms with Gasteiger partial charge in [-0.25, -0.2) is 4.79 Å². The number of fused-ring (bicyclic) bond motifs is 1. The van der Waals surface area contributed by atoms with Crippen LogP contribution >= 0.6 is 0 Å². The van der Waals surface area contributed by atoms with Crippen LogP contribution in [0.15, 0.2) is 0 Å². The molecule has 1 unspecified atom stereocenters. The molecule has 80 valence electrons. The van der Waals surface area contributed by atoms with Crippen LogP contribution in [0.25, 0.3) is 0 Å². The van der Waals surface area contributed by atoms with Crippen LogP contribution < -0.4 is 0 Å². The number of likely N-dealkylation sites (tertiary alicyclic amines) is 1. The molecule has 1 amide bonds. The predicted octanol–water partition coefficient (Wildman–Crippen LogP) is 2.26. The lowest BCUT2D eigenvalue weighted by molar-refractivity contribution is 0.0264. The minimum absolute atomic E-state index is 0.147. The molecule has 2 rings (SSSR count). The first-order chi connectivity index (χ1) is 6.30. The molecule has 0 aromatic heterocycles. The average molecular weight is 197 g/mol. The van der Waals surface area contributed by atoms with Crippen LogP contribution in [0.2, 0.25) is 0 Å². The minimum atomic E-state index is -0.370. The van der Waals surface area contributed by atoms with E-state index in [0.717, 1.165) is 19.0 Å². The molecule has 0 N–H and O–H groups in total. The third-order valence-electron chi connectivity index (χ3n) is 3.18. The van der Waals surface area contributed by atoms with E-state index in [1.54, 1.807) is 0 Å². The molecule has 0 aromatic carbocycles. The highest BCUT2D eigenvalue weighted by molar-refractivity contribution is 5.69. The fourth-order valence-corrected chi connectivity index (χ4v) is 2.21. The molecule has 0 bridgehead atoms. The number of piperidine rings is 1. The van der Waals surface area contributed by atoms with Crippen molar-refractivity contribution in [3.05, 3.63) is 0 Å². The summed E-state index contributed by atoms with van der Waals surface area (Å²) in [7, 11) is 0. The Bertz CT molecular complexity index is 269. The molecule has 1 heterocycles. The largest absolute Gasteiger partial charge is 0.444 e. The standard InChI is InChI=1S/C11H19NO2/c1-10(2,3)14-9(13)12-6-8-5-11(8,4)7-12/h8H,5-7H2,1-4H3/t8-,11?/m0/s1. The van der Waals surface area contributed by atoms with Crippen LogP contribution in [0.5, 0.6) is 0 Å². The predicted molar refractivity (Wildman–Crippen MR) is 54.0 cm³/mol. The Morgan fingerprint density at radius 2 is 2.14 bits per heavy atom. The number of carbonyl (C=O) groups is 1. The second kappa shape index (κ2) is 2.65. The molecule has 3 nitrogen and oxygen atoms in total. The number of amides is 1. The summed E-state index contributed by atoms with van der Waals surface area (Å²) in [5, 5.41) is 0. The molecule has 0 aromatic rings. The molecule has 0 radical (unpaired) electrons. The summed E-state index contributed by atoms with van der Waals surface area (Å²) in [6.45, 7) is 9.75. The summed E-state index contributed by atoms with van der Waals surface area (Å²) in [5.41, 5.74) is 0.0433. The van der Waals surface area contributed by atoms with Crippen LogP contribution in [-0.4, -0.2) is 29.7 Å². The molecule has 1 aliphatic carbocycles. The highest BCUT2D eigenvalue weighted by Crippen LogP contribution is 2.57. The van der Waals surface area contributed by atoms with Crippen LogP contribution in [0.1, 0.15) is 34.1 Å². The maximum atomic E-state index is 11.7. The number of nitrogens with zero attached hydrogens (tertiary/aromatic N) is 1. The Morgan fingerprint density at radius 1 is 1.50 bits per heavy atom. The van der Waals surface area contributed by atoms with Crippen molar-refractivity contribution in [2.24, 2.45) is 11.3 Å². The lowest BCUT2D eigenvalue weighted by Crippen LogP contribution is -2.37. The summed E-state index contributed by atoms with van der Waals surface area (Å²) < 4.78 is 5.32. The molecule has 0 spiro atoms. The van der Waals surface area contributed by atoms with Crippen LogP contribution in [-0.2, 0) is 4.74 Å². The monoisotopic (exact) mass is 197 g/mol. The van der Waals surface area contributed by atoms with Gasteiger partial charge in [-0.05, 0) is 38.5 Å². The molecule has 2 fully saturated rings. The second-order valence-corrected chi connectivity index (χ2v) is 5.92. The van der Waals surface area contributed by atoms with Crippen LogP contribution in [0, 0.1) is 11.3 Å². The van der Waals surface area contributed by atoms with Crippen molar-refractivity contribution >= 4 is 6.09 Å². The highest BCUT2D eigenvalue weighted by Gasteiger charge is 2.57.